The van der Waals surface area contributed by atoms with Crippen LogP contribution in [0.15, 0.2) is 42.5 Å². The van der Waals surface area contributed by atoms with Crippen molar-refractivity contribution in [3.05, 3.63) is 58.1 Å². The van der Waals surface area contributed by atoms with E-state index in [0.717, 1.165) is 25.9 Å². The smallest absolute Gasteiger partial charge is 0.270 e. The third-order valence-corrected chi connectivity index (χ3v) is 4.32. The molecule has 140 valence electrons. The van der Waals surface area contributed by atoms with E-state index in [-0.39, 0.29) is 17.2 Å². The maximum atomic E-state index is 12.9. The van der Waals surface area contributed by atoms with E-state index in [9.17, 15) is 19.7 Å². The zero-order valence-electron chi connectivity index (χ0n) is 14.9. The first-order valence-corrected chi connectivity index (χ1v) is 8.66. The molecule has 0 bridgehead atoms. The van der Waals surface area contributed by atoms with Crippen molar-refractivity contribution in [1.29, 1.82) is 0 Å². The molecule has 8 nitrogen and oxygen atoms in total. The van der Waals surface area contributed by atoms with Crippen LogP contribution in [0.25, 0.3) is 0 Å². The van der Waals surface area contributed by atoms with Crippen LogP contribution in [0.5, 0.6) is 0 Å². The van der Waals surface area contributed by atoms with E-state index in [1.54, 1.807) is 30.3 Å². The van der Waals surface area contributed by atoms with Gasteiger partial charge in [-0.3, -0.25) is 19.7 Å². The number of hydrogen-bond acceptors (Lipinski definition) is 5. The molecule has 2 aromatic carbocycles. The summed E-state index contributed by atoms with van der Waals surface area (Å²) >= 11 is 0. The van der Waals surface area contributed by atoms with Gasteiger partial charge in [-0.15, -0.1) is 0 Å². The van der Waals surface area contributed by atoms with Crippen LogP contribution in [0.3, 0.4) is 0 Å². The number of amides is 2. The molecule has 0 radical (unpaired) electrons. The third kappa shape index (κ3) is 4.41. The highest BCUT2D eigenvalue weighted by molar-refractivity contribution is 6.09. The number of anilines is 3. The zero-order chi connectivity index (χ0) is 19.4. The topological polar surface area (TPSA) is 105 Å². The van der Waals surface area contributed by atoms with Gasteiger partial charge < -0.3 is 15.5 Å². The molecule has 0 saturated carbocycles. The van der Waals surface area contributed by atoms with Crippen molar-refractivity contribution in [1.82, 2.24) is 0 Å². The van der Waals surface area contributed by atoms with Crippen LogP contribution < -0.4 is 15.5 Å². The van der Waals surface area contributed by atoms with Gasteiger partial charge in [0.05, 0.1) is 16.2 Å². The van der Waals surface area contributed by atoms with Gasteiger partial charge in [0.25, 0.3) is 11.6 Å². The molecule has 2 amide bonds. The number of rotatable bonds is 5. The Labute approximate surface area is 156 Å². The minimum atomic E-state index is -0.512. The molecular formula is C19H20N4O4. The van der Waals surface area contributed by atoms with Gasteiger partial charge in [0, 0.05) is 43.5 Å². The van der Waals surface area contributed by atoms with Crippen molar-refractivity contribution in [2.75, 3.05) is 28.6 Å². The highest BCUT2D eigenvalue weighted by Gasteiger charge is 2.22. The maximum absolute atomic E-state index is 12.9. The van der Waals surface area contributed by atoms with E-state index in [4.69, 9.17) is 0 Å². The summed E-state index contributed by atoms with van der Waals surface area (Å²) in [5.41, 5.74) is 1.86. The summed E-state index contributed by atoms with van der Waals surface area (Å²) in [6.45, 7) is 3.03. The molecule has 1 aliphatic heterocycles. The maximum Gasteiger partial charge on any atom is 0.270 e. The van der Waals surface area contributed by atoms with E-state index in [1.165, 1.54) is 19.1 Å². The number of nitro groups is 1. The fourth-order valence-electron chi connectivity index (χ4n) is 3.13. The molecule has 0 atom stereocenters. The Kier molecular flexibility index (Phi) is 5.35. The molecule has 0 unspecified atom stereocenters. The second-order valence-corrected chi connectivity index (χ2v) is 6.37. The lowest BCUT2D eigenvalue weighted by Crippen LogP contribution is -2.23. The van der Waals surface area contributed by atoms with Crippen molar-refractivity contribution < 1.29 is 14.5 Å². The molecular weight excluding hydrogens is 348 g/mol. The van der Waals surface area contributed by atoms with Crippen molar-refractivity contribution >= 4 is 34.6 Å². The lowest BCUT2D eigenvalue weighted by atomic mass is 10.1. The van der Waals surface area contributed by atoms with Crippen molar-refractivity contribution in [3.8, 4) is 0 Å². The number of non-ortho nitro benzene ring substituents is 1. The second-order valence-electron chi connectivity index (χ2n) is 6.37. The fraction of sp³-hybridized carbons (Fsp3) is 0.263. The average molecular weight is 368 g/mol. The van der Waals surface area contributed by atoms with Crippen LogP contribution >= 0.6 is 0 Å². The molecule has 0 spiro atoms. The number of hydrogen-bond donors (Lipinski definition) is 2. The summed E-state index contributed by atoms with van der Waals surface area (Å²) in [5, 5.41) is 16.5. The number of benzene rings is 2. The first kappa shape index (κ1) is 18.4. The van der Waals surface area contributed by atoms with E-state index in [1.807, 2.05) is 0 Å². The lowest BCUT2D eigenvalue weighted by molar-refractivity contribution is -0.384. The molecule has 1 saturated heterocycles. The Hall–Kier alpha value is -3.42. The second kappa shape index (κ2) is 7.86. The van der Waals surface area contributed by atoms with Crippen LogP contribution in [0.1, 0.15) is 30.1 Å². The predicted molar refractivity (Wildman–Crippen MR) is 103 cm³/mol. The lowest BCUT2D eigenvalue weighted by Gasteiger charge is -2.21. The highest BCUT2D eigenvalue weighted by Crippen LogP contribution is 2.29. The van der Waals surface area contributed by atoms with E-state index < -0.39 is 10.8 Å². The van der Waals surface area contributed by atoms with Crippen molar-refractivity contribution in [2.45, 2.75) is 19.8 Å². The number of carbonyl (C=O) groups is 2. The average Bonchev–Trinajstić information content (AvgIpc) is 3.15. The Morgan fingerprint density at radius 3 is 2.33 bits per heavy atom. The Morgan fingerprint density at radius 1 is 1.04 bits per heavy atom. The molecule has 2 N–H and O–H groups in total. The Morgan fingerprint density at radius 2 is 1.70 bits per heavy atom. The van der Waals surface area contributed by atoms with Gasteiger partial charge in [-0.05, 0) is 37.1 Å². The van der Waals surface area contributed by atoms with E-state index in [0.29, 0.717) is 17.1 Å². The normalized spacial score (nSPS) is 13.3. The SMILES string of the molecule is CC(=O)Nc1cccc(NC(=O)c2cc([N+](=O)[O-])ccc2N2CCCC2)c1. The molecule has 27 heavy (non-hydrogen) atoms. The van der Waals surface area contributed by atoms with Crippen molar-refractivity contribution in [2.24, 2.45) is 0 Å². The Balaban J connectivity index is 1.89. The van der Waals surface area contributed by atoms with Crippen LogP contribution in [-0.4, -0.2) is 29.8 Å². The van der Waals surface area contributed by atoms with Gasteiger partial charge in [-0.2, -0.15) is 0 Å². The van der Waals surface area contributed by atoms with Crippen molar-refractivity contribution in [3.63, 3.8) is 0 Å². The van der Waals surface area contributed by atoms with Crippen LogP contribution in [0, 0.1) is 10.1 Å². The molecule has 0 aliphatic carbocycles. The van der Waals surface area contributed by atoms with Gasteiger partial charge >= 0.3 is 0 Å². The molecule has 0 aromatic heterocycles. The van der Waals surface area contributed by atoms with Gasteiger partial charge in [0.1, 0.15) is 0 Å². The van der Waals surface area contributed by atoms with Crippen LogP contribution in [-0.2, 0) is 4.79 Å². The van der Waals surface area contributed by atoms with Gasteiger partial charge in [-0.1, -0.05) is 6.07 Å². The standard InChI is InChI=1S/C19H20N4O4/c1-13(24)20-14-5-4-6-15(11-14)21-19(25)17-12-16(23(26)27)7-8-18(17)22-9-2-3-10-22/h4-8,11-12H,2-3,9-10H2,1H3,(H,20,24)(H,21,25). The fourth-order valence-corrected chi connectivity index (χ4v) is 3.13. The minimum absolute atomic E-state index is 0.130. The first-order chi connectivity index (χ1) is 12.9. The molecule has 1 fully saturated rings. The monoisotopic (exact) mass is 368 g/mol. The summed E-state index contributed by atoms with van der Waals surface area (Å²) in [6.07, 6.45) is 2.05. The molecule has 8 heteroatoms. The summed E-state index contributed by atoms with van der Waals surface area (Å²) in [4.78, 5) is 36.7. The number of nitrogens with zero attached hydrogens (tertiary/aromatic N) is 2. The van der Waals surface area contributed by atoms with Gasteiger partial charge in [-0.25, -0.2) is 0 Å². The summed E-state index contributed by atoms with van der Waals surface area (Å²) < 4.78 is 0. The number of nitrogens with one attached hydrogen (secondary N) is 2. The number of carbonyl (C=O) groups excluding carboxylic acids is 2. The highest BCUT2D eigenvalue weighted by atomic mass is 16.6. The molecule has 2 aromatic rings. The largest absolute Gasteiger partial charge is 0.371 e. The summed E-state index contributed by atoms with van der Waals surface area (Å²) in [7, 11) is 0. The minimum Gasteiger partial charge on any atom is -0.371 e. The predicted octanol–water partition coefficient (Wildman–Crippen LogP) is 3.41. The van der Waals surface area contributed by atoms with E-state index >= 15 is 0 Å². The van der Waals surface area contributed by atoms with Crippen LogP contribution in [0.2, 0.25) is 0 Å². The molecule has 1 heterocycles. The van der Waals surface area contributed by atoms with Crippen LogP contribution in [0.4, 0.5) is 22.7 Å². The zero-order valence-corrected chi connectivity index (χ0v) is 14.9. The van der Waals surface area contributed by atoms with E-state index in [2.05, 4.69) is 15.5 Å². The first-order valence-electron chi connectivity index (χ1n) is 8.66. The third-order valence-electron chi connectivity index (χ3n) is 4.32. The quantitative estimate of drug-likeness (QED) is 0.622. The van der Waals surface area contributed by atoms with Gasteiger partial charge in [0.15, 0.2) is 0 Å². The molecule has 3 rings (SSSR count). The number of nitro benzene ring substituents is 1. The Bertz CT molecular complexity index is 891. The van der Waals surface area contributed by atoms with Gasteiger partial charge in [0.2, 0.25) is 5.91 Å². The molecule has 1 aliphatic rings. The summed E-state index contributed by atoms with van der Waals surface area (Å²) in [6, 6.07) is 11.1. The summed E-state index contributed by atoms with van der Waals surface area (Å²) in [5.74, 6) is -0.644.